The maximum Gasteiger partial charge on any atom is 0.157 e. The summed E-state index contributed by atoms with van der Waals surface area (Å²) in [6.07, 6.45) is 5.59. The molecule has 3 heterocycles. The average molecular weight is 725 g/mol. The van der Waals surface area contributed by atoms with Gasteiger partial charge in [-0.05, 0) is 63.5 Å². The number of Topliss-reactive ketones (excluding diaryl/α,β-unsaturated/α-hetero) is 1. The van der Waals surface area contributed by atoms with Crippen molar-refractivity contribution in [3.8, 4) is 0 Å². The Hall–Kier alpha value is -2.17. The summed E-state index contributed by atoms with van der Waals surface area (Å²) in [5.41, 5.74) is 1.46. The smallest absolute Gasteiger partial charge is 0.157 e. The van der Waals surface area contributed by atoms with Crippen LogP contribution in [0.5, 0.6) is 0 Å². The molecular weight excluding hydrogens is 656 g/mol. The van der Waals surface area contributed by atoms with Crippen LogP contribution in [0.1, 0.15) is 122 Å². The molecule has 3 fully saturated rings. The third-order valence-electron chi connectivity index (χ3n) is 11.0. The molecule has 2 aromatic carbocycles. The third kappa shape index (κ3) is 10.7. The summed E-state index contributed by atoms with van der Waals surface area (Å²) in [5, 5.41) is 12.0. The monoisotopic (exact) mass is 724 g/mol. The quantitative estimate of drug-likeness (QED) is 0.206. The van der Waals surface area contributed by atoms with Gasteiger partial charge in [-0.25, -0.2) is 0 Å². The normalized spacial score (nSPS) is 25.3. The molecule has 4 unspecified atom stereocenters. The first kappa shape index (κ1) is 42.6. The number of hydrogen-bond acceptors (Lipinski definition) is 8. The Bertz CT molecular complexity index is 1420. The van der Waals surface area contributed by atoms with E-state index < -0.39 is 21.8 Å². The lowest BCUT2D eigenvalue weighted by atomic mass is 9.59. The van der Waals surface area contributed by atoms with Crippen LogP contribution in [-0.4, -0.2) is 68.7 Å². The number of ether oxygens (including phenoxy) is 6. The van der Waals surface area contributed by atoms with Crippen molar-refractivity contribution in [2.75, 3.05) is 39.6 Å². The highest BCUT2D eigenvalue weighted by atomic mass is 16.7. The maximum atomic E-state index is 13.1. The van der Waals surface area contributed by atoms with E-state index in [2.05, 4.69) is 65.8 Å². The van der Waals surface area contributed by atoms with E-state index in [1.54, 1.807) is 0 Å². The zero-order valence-electron chi connectivity index (χ0n) is 33.8. The minimum atomic E-state index is -1.05. The second-order valence-electron chi connectivity index (χ2n) is 17.9. The second-order valence-corrected chi connectivity index (χ2v) is 17.9. The fourth-order valence-electron chi connectivity index (χ4n) is 7.99. The van der Waals surface area contributed by atoms with E-state index in [0.29, 0.717) is 33.0 Å². The lowest BCUT2D eigenvalue weighted by Crippen LogP contribution is -2.58. The zero-order valence-corrected chi connectivity index (χ0v) is 33.8. The van der Waals surface area contributed by atoms with Gasteiger partial charge < -0.3 is 33.5 Å². The van der Waals surface area contributed by atoms with Crippen LogP contribution in [0, 0.1) is 35.5 Å². The third-order valence-corrected chi connectivity index (χ3v) is 11.0. The van der Waals surface area contributed by atoms with E-state index in [1.165, 1.54) is 11.1 Å². The highest BCUT2D eigenvalue weighted by Crippen LogP contribution is 2.57. The van der Waals surface area contributed by atoms with Gasteiger partial charge in [0.15, 0.2) is 12.6 Å². The molecule has 0 radical (unpaired) electrons. The molecule has 0 spiro atoms. The molecule has 2 aromatic rings. The topological polar surface area (TPSA) is 92.7 Å². The van der Waals surface area contributed by atoms with Crippen LogP contribution >= 0.6 is 0 Å². The summed E-state index contributed by atoms with van der Waals surface area (Å²) in [4.78, 5) is 13.1. The molecule has 0 aromatic heterocycles. The predicted molar refractivity (Wildman–Crippen MR) is 205 cm³/mol. The lowest BCUT2D eigenvalue weighted by Gasteiger charge is -2.50. The summed E-state index contributed by atoms with van der Waals surface area (Å²) in [6.45, 7) is 24.0. The summed E-state index contributed by atoms with van der Waals surface area (Å²) in [7, 11) is 0. The number of carbonyl (C=O) groups excluding carboxylic acids is 1. The first-order valence-corrected chi connectivity index (χ1v) is 19.4. The molecule has 0 aliphatic carbocycles. The number of carbonyl (C=O) groups is 1. The first-order valence-electron chi connectivity index (χ1n) is 19.4. The minimum Gasteiger partial charge on any atom is -0.385 e. The number of rotatable bonds is 14. The molecule has 292 valence electrons. The molecule has 8 nitrogen and oxygen atoms in total. The van der Waals surface area contributed by atoms with Crippen molar-refractivity contribution in [1.29, 1.82) is 0 Å². The fourth-order valence-corrected chi connectivity index (χ4v) is 7.99. The zero-order chi connectivity index (χ0) is 38.2. The van der Waals surface area contributed by atoms with Gasteiger partial charge in [-0.15, -0.1) is 0 Å². The van der Waals surface area contributed by atoms with Crippen molar-refractivity contribution < 1.29 is 38.3 Å². The van der Waals surface area contributed by atoms with Crippen LogP contribution in [0.3, 0.4) is 0 Å². The molecule has 8 heteroatoms. The van der Waals surface area contributed by atoms with Crippen molar-refractivity contribution in [2.24, 2.45) is 21.7 Å². The fraction of sp³-hybridized carbons (Fsp3) is 0.705. The standard InChI is InChI=1S/2C22H34O4/c1-16-9-8-10-17(13-16)19-22(23,21(4,5)15-26-19)20(2,3)14-25-18-11-6-7-12-24-18;1-17-9-8-10-18(13-17)14-24-15-21(2,3)20(23)22(4,5)16-26-19-11-6-7-12-25-19/h8-10,13,18-19,23H,6-7,11-12,14-15H2,1-5H3;8-10,13,19H,6-7,11-12,14-16H2,1-5H3. The molecule has 1 N–H and O–H groups in total. The summed E-state index contributed by atoms with van der Waals surface area (Å²) >= 11 is 0. The molecule has 5 rings (SSSR count). The first-order chi connectivity index (χ1) is 24.4. The van der Waals surface area contributed by atoms with Gasteiger partial charge in [-0.2, -0.15) is 0 Å². The highest BCUT2D eigenvalue weighted by molar-refractivity contribution is 5.89. The van der Waals surface area contributed by atoms with Crippen LogP contribution < -0.4 is 0 Å². The van der Waals surface area contributed by atoms with Gasteiger partial charge in [0.2, 0.25) is 0 Å². The molecule has 0 amide bonds. The van der Waals surface area contributed by atoms with Crippen molar-refractivity contribution in [3.63, 3.8) is 0 Å². The predicted octanol–water partition coefficient (Wildman–Crippen LogP) is 9.07. The minimum absolute atomic E-state index is 0.157. The second kappa shape index (κ2) is 18.0. The molecule has 4 atom stereocenters. The van der Waals surface area contributed by atoms with Crippen molar-refractivity contribution in [2.45, 2.75) is 139 Å². The van der Waals surface area contributed by atoms with E-state index in [0.717, 1.165) is 62.9 Å². The summed E-state index contributed by atoms with van der Waals surface area (Å²) in [6, 6.07) is 16.5. The van der Waals surface area contributed by atoms with Gasteiger partial charge in [0.05, 0.1) is 33.0 Å². The molecule has 3 saturated heterocycles. The van der Waals surface area contributed by atoms with Gasteiger partial charge in [0.1, 0.15) is 17.5 Å². The molecule has 3 aliphatic rings. The number of ketones is 1. The Morgan fingerprint density at radius 1 is 0.769 bits per heavy atom. The number of aryl methyl sites for hydroxylation is 2. The van der Waals surface area contributed by atoms with Gasteiger partial charge >= 0.3 is 0 Å². The Balaban J connectivity index is 0.000000233. The maximum absolute atomic E-state index is 13.1. The van der Waals surface area contributed by atoms with Crippen molar-refractivity contribution in [1.82, 2.24) is 0 Å². The Morgan fingerprint density at radius 2 is 1.33 bits per heavy atom. The van der Waals surface area contributed by atoms with Gasteiger partial charge in [0, 0.05) is 34.9 Å². The Labute approximate surface area is 314 Å². The van der Waals surface area contributed by atoms with E-state index in [1.807, 2.05) is 52.0 Å². The molecular formula is C44H68O8. The van der Waals surface area contributed by atoms with Crippen LogP contribution in [0.15, 0.2) is 48.5 Å². The van der Waals surface area contributed by atoms with Crippen LogP contribution in [0.25, 0.3) is 0 Å². The summed E-state index contributed by atoms with van der Waals surface area (Å²) in [5.74, 6) is 0.157. The largest absolute Gasteiger partial charge is 0.385 e. The molecule has 52 heavy (non-hydrogen) atoms. The number of hydrogen-bond donors (Lipinski definition) is 1. The van der Waals surface area contributed by atoms with Crippen LogP contribution in [0.4, 0.5) is 0 Å². The van der Waals surface area contributed by atoms with E-state index in [4.69, 9.17) is 28.4 Å². The average Bonchev–Trinajstić information content (AvgIpc) is 3.36. The molecule has 0 bridgehead atoms. The molecule has 0 saturated carbocycles. The highest BCUT2D eigenvalue weighted by Gasteiger charge is 2.63. The van der Waals surface area contributed by atoms with E-state index in [9.17, 15) is 9.90 Å². The van der Waals surface area contributed by atoms with Crippen LogP contribution in [-0.2, 0) is 39.8 Å². The number of aliphatic hydroxyl groups is 1. The summed E-state index contributed by atoms with van der Waals surface area (Å²) < 4.78 is 35.3. The van der Waals surface area contributed by atoms with Gasteiger partial charge in [-0.1, -0.05) is 115 Å². The van der Waals surface area contributed by atoms with E-state index >= 15 is 0 Å². The lowest BCUT2D eigenvalue weighted by molar-refractivity contribution is -0.221. The SMILES string of the molecule is Cc1cccc(C2OCC(C)(C)C2(O)C(C)(C)COC2CCCCO2)c1.Cc1cccc(COCC(C)(C)C(=O)C(C)(C)COC2CCCCO2)c1. The molecule has 3 aliphatic heterocycles. The number of benzene rings is 2. The van der Waals surface area contributed by atoms with E-state index in [-0.39, 0.29) is 29.9 Å². The Morgan fingerprint density at radius 3 is 1.88 bits per heavy atom. The van der Waals surface area contributed by atoms with Crippen molar-refractivity contribution >= 4 is 5.78 Å². The van der Waals surface area contributed by atoms with Crippen molar-refractivity contribution in [3.05, 3.63) is 70.8 Å². The Kier molecular flexibility index (Phi) is 14.7. The van der Waals surface area contributed by atoms with Crippen LogP contribution in [0.2, 0.25) is 0 Å². The van der Waals surface area contributed by atoms with Gasteiger partial charge in [-0.3, -0.25) is 4.79 Å². The van der Waals surface area contributed by atoms with Gasteiger partial charge in [0.25, 0.3) is 0 Å².